The summed E-state index contributed by atoms with van der Waals surface area (Å²) in [6, 6.07) is 7.28. The monoisotopic (exact) mass is 495 g/mol. The largest absolute Gasteiger partial charge is 0.417 e. The van der Waals surface area contributed by atoms with Gasteiger partial charge in [0.05, 0.1) is 17.5 Å². The fraction of sp³-hybridized carbons (Fsp3) is 0.667. The van der Waals surface area contributed by atoms with Crippen LogP contribution in [0.5, 0.6) is 0 Å². The number of fused-ring (bicyclic) bond motifs is 1. The van der Waals surface area contributed by atoms with E-state index in [1.54, 1.807) is 32.0 Å². The summed E-state index contributed by atoms with van der Waals surface area (Å²) in [5, 5.41) is -0.0171. The first-order valence-electron chi connectivity index (χ1n) is 11.4. The molecule has 1 aromatic carbocycles. The molecule has 9 heteroatoms. The van der Waals surface area contributed by atoms with Crippen LogP contribution in [-0.2, 0) is 28.6 Å². The number of hydrogen-bond acceptors (Lipinski definition) is 6. The fourth-order valence-electron chi connectivity index (χ4n) is 4.89. The molecule has 2 aliphatic rings. The molecule has 0 bridgehead atoms. The standard InChI is InChI=1S/C24H37NO6SSi/c1-17(26)24(32(28,29)18-12-10-9-11-13-18)19(14-15-31-33(7,8)22(2,3)4)20-16-30-23(5,6)25(20)21(24)27/h9-13,19-20H,14-16H2,1-8H3/t19-,20-,24+/m1/s1. The second kappa shape index (κ2) is 8.29. The zero-order valence-electron chi connectivity index (χ0n) is 21.0. The fourth-order valence-corrected chi connectivity index (χ4v) is 8.21. The Morgan fingerprint density at radius 1 is 1.21 bits per heavy atom. The number of benzene rings is 1. The summed E-state index contributed by atoms with van der Waals surface area (Å²) in [4.78, 5) is 28.7. The molecule has 7 nitrogen and oxygen atoms in total. The maximum absolute atomic E-state index is 14.0. The van der Waals surface area contributed by atoms with Crippen LogP contribution in [0.15, 0.2) is 35.2 Å². The highest BCUT2D eigenvalue weighted by atomic mass is 32.2. The molecule has 0 unspecified atom stereocenters. The maximum Gasteiger partial charge on any atom is 0.255 e. The molecule has 0 spiro atoms. The summed E-state index contributed by atoms with van der Waals surface area (Å²) in [7, 11) is -6.43. The number of ether oxygens (including phenoxy) is 1. The van der Waals surface area contributed by atoms with Crippen molar-refractivity contribution in [3.8, 4) is 0 Å². The van der Waals surface area contributed by atoms with E-state index in [4.69, 9.17) is 9.16 Å². The van der Waals surface area contributed by atoms with Crippen LogP contribution in [-0.4, -0.2) is 63.1 Å². The number of sulfone groups is 1. The first-order chi connectivity index (χ1) is 15.0. The molecule has 2 fully saturated rings. The smallest absolute Gasteiger partial charge is 0.255 e. The average molecular weight is 496 g/mol. The Morgan fingerprint density at radius 3 is 2.30 bits per heavy atom. The van der Waals surface area contributed by atoms with Crippen molar-refractivity contribution in [1.29, 1.82) is 0 Å². The zero-order chi connectivity index (χ0) is 25.0. The van der Waals surface area contributed by atoms with Gasteiger partial charge in [0.1, 0.15) is 5.72 Å². The molecule has 2 aliphatic heterocycles. The van der Waals surface area contributed by atoms with Crippen molar-refractivity contribution in [2.75, 3.05) is 13.2 Å². The van der Waals surface area contributed by atoms with Gasteiger partial charge < -0.3 is 14.1 Å². The Kier molecular flexibility index (Phi) is 6.54. The Labute approximate surface area is 198 Å². The highest BCUT2D eigenvalue weighted by molar-refractivity contribution is 7.94. The highest BCUT2D eigenvalue weighted by Crippen LogP contribution is 2.51. The van der Waals surface area contributed by atoms with Crippen molar-refractivity contribution in [3.63, 3.8) is 0 Å². The molecule has 0 radical (unpaired) electrons. The van der Waals surface area contributed by atoms with Gasteiger partial charge in [-0.05, 0) is 57.5 Å². The van der Waals surface area contributed by atoms with Crippen LogP contribution >= 0.6 is 0 Å². The van der Waals surface area contributed by atoms with Crippen LogP contribution in [0.3, 0.4) is 0 Å². The van der Waals surface area contributed by atoms with Crippen molar-refractivity contribution in [2.24, 2.45) is 5.92 Å². The van der Waals surface area contributed by atoms with Crippen LogP contribution in [0.4, 0.5) is 0 Å². The maximum atomic E-state index is 14.0. The molecule has 0 saturated carbocycles. The van der Waals surface area contributed by atoms with E-state index in [9.17, 15) is 18.0 Å². The van der Waals surface area contributed by atoms with Crippen LogP contribution in [0, 0.1) is 5.92 Å². The summed E-state index contributed by atoms with van der Waals surface area (Å²) < 4.78 is 38.1. The summed E-state index contributed by atoms with van der Waals surface area (Å²) in [6.45, 7) is 15.8. The van der Waals surface area contributed by atoms with Gasteiger partial charge in [0.25, 0.3) is 5.91 Å². The number of nitrogens with zero attached hydrogens (tertiary/aromatic N) is 1. The van der Waals surface area contributed by atoms with Gasteiger partial charge in [-0.1, -0.05) is 39.0 Å². The molecular formula is C24H37NO6SSi. The highest BCUT2D eigenvalue weighted by Gasteiger charge is 2.72. The molecule has 1 aromatic rings. The zero-order valence-corrected chi connectivity index (χ0v) is 22.8. The summed E-state index contributed by atoms with van der Waals surface area (Å²) in [5.41, 5.74) is -0.996. The number of hydrogen-bond donors (Lipinski definition) is 0. The Morgan fingerprint density at radius 2 is 1.79 bits per heavy atom. The molecule has 1 amide bonds. The molecule has 184 valence electrons. The number of Topliss-reactive ketones (excluding diaryl/α,β-unsaturated/α-hetero) is 1. The van der Waals surface area contributed by atoms with E-state index >= 15 is 0 Å². The van der Waals surface area contributed by atoms with E-state index in [2.05, 4.69) is 33.9 Å². The predicted molar refractivity (Wildman–Crippen MR) is 129 cm³/mol. The van der Waals surface area contributed by atoms with Gasteiger partial charge in [0.2, 0.25) is 14.6 Å². The third-order valence-corrected chi connectivity index (χ3v) is 14.8. The Bertz CT molecular complexity index is 1030. The summed E-state index contributed by atoms with van der Waals surface area (Å²) in [5.74, 6) is -2.12. The van der Waals surface area contributed by atoms with Crippen LogP contribution < -0.4 is 0 Å². The van der Waals surface area contributed by atoms with E-state index in [1.165, 1.54) is 24.0 Å². The van der Waals surface area contributed by atoms with Gasteiger partial charge in [0, 0.05) is 12.5 Å². The molecule has 33 heavy (non-hydrogen) atoms. The van der Waals surface area contributed by atoms with Crippen molar-refractivity contribution in [3.05, 3.63) is 30.3 Å². The number of carbonyl (C=O) groups excluding carboxylic acids is 2. The summed E-state index contributed by atoms with van der Waals surface area (Å²) >= 11 is 0. The van der Waals surface area contributed by atoms with E-state index in [0.717, 1.165) is 0 Å². The third-order valence-electron chi connectivity index (χ3n) is 7.74. The topological polar surface area (TPSA) is 90.0 Å². The molecule has 0 aliphatic carbocycles. The van der Waals surface area contributed by atoms with Gasteiger partial charge in [-0.3, -0.25) is 9.59 Å². The first-order valence-corrected chi connectivity index (χ1v) is 15.8. The lowest BCUT2D eigenvalue weighted by Crippen LogP contribution is -2.58. The lowest BCUT2D eigenvalue weighted by Gasteiger charge is -2.37. The minimum Gasteiger partial charge on any atom is -0.417 e. The molecule has 3 rings (SSSR count). The number of rotatable bonds is 7. The SMILES string of the molecule is CC(=O)[C@@]1(S(=O)(=O)c2ccccc2)C(=O)N2[C@H](COC2(C)C)[C@H]1CCO[Si](C)(C)C(C)(C)C. The molecule has 0 aromatic heterocycles. The van der Waals surface area contributed by atoms with Crippen molar-refractivity contribution >= 4 is 29.8 Å². The second-order valence-corrected chi connectivity index (χ2v) is 18.0. The van der Waals surface area contributed by atoms with Gasteiger partial charge in [-0.25, -0.2) is 8.42 Å². The van der Waals surface area contributed by atoms with E-state index in [1.807, 2.05) is 0 Å². The van der Waals surface area contributed by atoms with Gasteiger partial charge >= 0.3 is 0 Å². The predicted octanol–water partition coefficient (Wildman–Crippen LogP) is 3.79. The van der Waals surface area contributed by atoms with E-state index in [0.29, 0.717) is 0 Å². The summed E-state index contributed by atoms with van der Waals surface area (Å²) in [6.07, 6.45) is 0.268. The number of ketones is 1. The first kappa shape index (κ1) is 26.1. The normalized spacial score (nSPS) is 27.6. The third kappa shape index (κ3) is 3.90. The second-order valence-electron chi connectivity index (χ2n) is 11.1. The van der Waals surface area contributed by atoms with Gasteiger partial charge in [0.15, 0.2) is 14.1 Å². The Balaban J connectivity index is 2.11. The van der Waals surface area contributed by atoms with Crippen LogP contribution in [0.1, 0.15) is 48.0 Å². The molecule has 3 atom stereocenters. The van der Waals surface area contributed by atoms with Gasteiger partial charge in [-0.15, -0.1) is 0 Å². The number of carbonyl (C=O) groups is 2. The quantitative estimate of drug-likeness (QED) is 0.422. The van der Waals surface area contributed by atoms with Crippen molar-refractivity contribution in [1.82, 2.24) is 4.90 Å². The Hall–Kier alpha value is -1.55. The minimum absolute atomic E-state index is 0.0171. The molecule has 2 saturated heterocycles. The lowest BCUT2D eigenvalue weighted by atomic mass is 9.84. The van der Waals surface area contributed by atoms with Crippen molar-refractivity contribution < 1.29 is 27.2 Å². The van der Waals surface area contributed by atoms with Crippen LogP contribution in [0.25, 0.3) is 0 Å². The number of amides is 1. The van der Waals surface area contributed by atoms with Gasteiger partial charge in [-0.2, -0.15) is 0 Å². The van der Waals surface area contributed by atoms with E-state index in [-0.39, 0.29) is 29.6 Å². The van der Waals surface area contributed by atoms with Crippen LogP contribution in [0.2, 0.25) is 18.1 Å². The molecular weight excluding hydrogens is 458 g/mol. The molecule has 2 heterocycles. The van der Waals surface area contributed by atoms with E-state index < -0.39 is 52.3 Å². The minimum atomic E-state index is -4.32. The lowest BCUT2D eigenvalue weighted by molar-refractivity contribution is -0.146. The van der Waals surface area contributed by atoms with Crippen molar-refractivity contribution in [2.45, 2.75) is 87.5 Å². The molecule has 0 N–H and O–H groups in total. The average Bonchev–Trinajstić information content (AvgIpc) is 3.14.